The molecule has 0 amide bonds. The first-order chi connectivity index (χ1) is 16.2. The fourth-order valence-electron chi connectivity index (χ4n) is 5.89. The zero-order valence-electron chi connectivity index (χ0n) is 21.3. The second-order valence-electron chi connectivity index (χ2n) is 9.73. The Morgan fingerprint density at radius 2 is 1.97 bits per heavy atom. The van der Waals surface area contributed by atoms with Gasteiger partial charge in [-0.3, -0.25) is 0 Å². The van der Waals surface area contributed by atoms with Gasteiger partial charge in [0.1, 0.15) is 15.8 Å². The molecule has 8 heteroatoms. The van der Waals surface area contributed by atoms with Crippen molar-refractivity contribution in [2.24, 2.45) is 16.9 Å². The summed E-state index contributed by atoms with van der Waals surface area (Å²) in [5.74, 6) is 1.87. The van der Waals surface area contributed by atoms with E-state index in [1.54, 1.807) is 19.2 Å². The van der Waals surface area contributed by atoms with Gasteiger partial charge in [0.05, 0.1) is 25.6 Å². The van der Waals surface area contributed by atoms with Gasteiger partial charge in [-0.2, -0.15) is 0 Å². The number of methoxy groups -OCH3 is 1. The number of rotatable bonds is 4. The maximum Gasteiger partial charge on any atom is 1.00 e. The molecule has 1 saturated heterocycles. The van der Waals surface area contributed by atoms with Crippen LogP contribution >= 0.6 is 0 Å². The molecule has 0 bridgehead atoms. The molecule has 0 spiro atoms. The average molecular weight is 476 g/mol. The smallest absolute Gasteiger partial charge is 0.497 e. The van der Waals surface area contributed by atoms with Crippen LogP contribution in [0, 0.1) is 18.8 Å². The maximum atomic E-state index is 12.7. The second kappa shape index (κ2) is 9.70. The molecule has 1 aliphatic heterocycles. The van der Waals surface area contributed by atoms with E-state index >= 15 is 0 Å². The molecule has 34 heavy (non-hydrogen) atoms. The van der Waals surface area contributed by atoms with E-state index in [2.05, 4.69) is 29.0 Å². The molecule has 5 atom stereocenters. The van der Waals surface area contributed by atoms with Crippen LogP contribution < -0.4 is 23.6 Å². The van der Waals surface area contributed by atoms with E-state index < -0.39 is 22.2 Å². The summed E-state index contributed by atoms with van der Waals surface area (Å²) in [5, 5.41) is 4.09. The summed E-state index contributed by atoms with van der Waals surface area (Å²) >= 11 is 0. The van der Waals surface area contributed by atoms with Gasteiger partial charge in [0, 0.05) is 5.71 Å². The Morgan fingerprint density at radius 1 is 1.21 bits per heavy atom. The van der Waals surface area contributed by atoms with Crippen LogP contribution in [0.2, 0.25) is 0 Å². The van der Waals surface area contributed by atoms with Crippen molar-refractivity contribution in [3.63, 3.8) is 0 Å². The SMILES string of the molecule is [2H][C@H]1O[C@@]2(C)CCC3c4ccc(OC)cc4CCC3[C@@H]2C/C1=N/[N-]S(=O)(=O)c1ccc(C)cc1.[Li+]. The zero-order chi connectivity index (χ0) is 24.1. The van der Waals surface area contributed by atoms with E-state index in [1.165, 1.54) is 23.3 Å². The third kappa shape index (κ3) is 4.68. The molecule has 2 aromatic carbocycles. The maximum absolute atomic E-state index is 12.7. The molecule has 3 aliphatic rings. The van der Waals surface area contributed by atoms with E-state index in [4.69, 9.17) is 10.8 Å². The predicted molar refractivity (Wildman–Crippen MR) is 128 cm³/mol. The van der Waals surface area contributed by atoms with Crippen molar-refractivity contribution >= 4 is 15.7 Å². The Morgan fingerprint density at radius 3 is 2.71 bits per heavy atom. The van der Waals surface area contributed by atoms with Crippen LogP contribution in [0.5, 0.6) is 5.75 Å². The summed E-state index contributed by atoms with van der Waals surface area (Å²) in [4.78, 5) is 3.80. The number of hydrogen-bond donors (Lipinski definition) is 0. The van der Waals surface area contributed by atoms with Gasteiger partial charge in [0.2, 0.25) is 0 Å². The number of aryl methyl sites for hydroxylation is 2. The minimum absolute atomic E-state index is 0. The Bertz CT molecular complexity index is 1220. The molecule has 176 valence electrons. The fraction of sp³-hybridized carbons (Fsp3) is 0.500. The van der Waals surface area contributed by atoms with Crippen LogP contribution in [-0.2, 0) is 21.2 Å². The average Bonchev–Trinajstić information content (AvgIpc) is 2.82. The van der Waals surface area contributed by atoms with E-state index in [9.17, 15) is 8.42 Å². The number of nitrogens with zero attached hydrogens (tertiary/aromatic N) is 2. The summed E-state index contributed by atoms with van der Waals surface area (Å²) in [7, 11) is -2.23. The van der Waals surface area contributed by atoms with E-state index in [0.29, 0.717) is 24.0 Å². The van der Waals surface area contributed by atoms with E-state index in [1.807, 2.05) is 13.0 Å². The summed E-state index contributed by atoms with van der Waals surface area (Å²) in [6.45, 7) is 3.00. The molecule has 0 N–H and O–H groups in total. The van der Waals surface area contributed by atoms with Gasteiger partial charge in [-0.15, -0.1) is 0 Å². The molecule has 2 unspecified atom stereocenters. The number of ether oxygens (including phenoxy) is 2. The van der Waals surface area contributed by atoms with Crippen molar-refractivity contribution in [2.75, 3.05) is 13.7 Å². The molecule has 0 radical (unpaired) electrons. The minimum atomic E-state index is -3.93. The molecule has 2 fully saturated rings. The quantitative estimate of drug-likeness (QED) is 0.502. The van der Waals surface area contributed by atoms with Crippen LogP contribution in [0.4, 0.5) is 0 Å². The standard InChI is InChI=1S/C26H31N2O4S.Li/c1-17-4-8-21(9-5-17)33(29,30)28-27-19-15-25-24-10-6-18-14-20(31-3)7-11-22(18)23(24)12-13-26(25,2)32-16-19;/h4-5,7-9,11,14,23-25H,6,10,12-13,15-16H2,1-3H3;/q-1;+1/b27-19-;/t23?,24?,25-,26-;/m0./s1/i16D;/t16-,23?,24?,25+,26+;/m1.. The van der Waals surface area contributed by atoms with Crippen LogP contribution in [0.1, 0.15) is 56.6 Å². The largest absolute Gasteiger partial charge is 1.00 e. The van der Waals surface area contributed by atoms with Crippen LogP contribution in [0.25, 0.3) is 4.83 Å². The normalized spacial score (nSPS) is 31.9. The van der Waals surface area contributed by atoms with Gasteiger partial charge >= 0.3 is 18.9 Å². The number of benzene rings is 2. The van der Waals surface area contributed by atoms with Crippen molar-refractivity contribution < 1.29 is 38.1 Å². The molecular formula is C26H31LiN2O4S. The van der Waals surface area contributed by atoms with Crippen molar-refractivity contribution in [3.05, 3.63) is 64.0 Å². The minimum Gasteiger partial charge on any atom is -0.497 e. The Kier molecular flexibility index (Phi) is 6.83. The molecule has 1 saturated carbocycles. The van der Waals surface area contributed by atoms with Crippen molar-refractivity contribution in [3.8, 4) is 5.75 Å². The third-order valence-electron chi connectivity index (χ3n) is 7.76. The second-order valence-corrected chi connectivity index (χ2v) is 11.3. The summed E-state index contributed by atoms with van der Waals surface area (Å²) < 4.78 is 45.5. The Balaban J connectivity index is 0.00000289. The number of hydrogen-bond acceptors (Lipinski definition) is 5. The van der Waals surface area contributed by atoms with Gasteiger partial charge in [0.25, 0.3) is 0 Å². The summed E-state index contributed by atoms with van der Waals surface area (Å²) in [6.07, 6.45) is 4.42. The Labute approximate surface area is 216 Å². The molecule has 5 rings (SSSR count). The first kappa shape index (κ1) is 23.9. The molecule has 1 heterocycles. The van der Waals surface area contributed by atoms with Crippen LogP contribution in [0.3, 0.4) is 0 Å². The van der Waals surface area contributed by atoms with Gasteiger partial charge < -0.3 is 19.4 Å². The molecular weight excluding hydrogens is 443 g/mol. The topological polar surface area (TPSA) is 79.1 Å². The zero-order valence-corrected chi connectivity index (χ0v) is 21.1. The van der Waals surface area contributed by atoms with Gasteiger partial charge in [-0.25, -0.2) is 8.42 Å². The molecule has 0 aromatic heterocycles. The van der Waals surface area contributed by atoms with E-state index in [0.717, 1.165) is 37.0 Å². The van der Waals surface area contributed by atoms with Crippen LogP contribution in [-0.4, -0.2) is 33.4 Å². The molecule has 6 nitrogen and oxygen atoms in total. The molecule has 2 aliphatic carbocycles. The van der Waals surface area contributed by atoms with E-state index in [-0.39, 0.29) is 29.7 Å². The fourth-order valence-corrected chi connectivity index (χ4v) is 6.68. The van der Waals surface area contributed by atoms with Crippen molar-refractivity contribution in [2.45, 2.75) is 62.4 Å². The van der Waals surface area contributed by atoms with Gasteiger partial charge in [-0.1, -0.05) is 23.8 Å². The van der Waals surface area contributed by atoms with Crippen LogP contribution in [0.15, 0.2) is 52.5 Å². The Hall–Kier alpha value is -1.78. The van der Waals surface area contributed by atoms with Gasteiger partial charge in [-0.05, 0) is 99.1 Å². The monoisotopic (exact) mass is 475 g/mol. The van der Waals surface area contributed by atoms with Gasteiger partial charge in [0.15, 0.2) is 0 Å². The van der Waals surface area contributed by atoms with Crippen molar-refractivity contribution in [1.29, 1.82) is 0 Å². The number of fused-ring (bicyclic) bond motifs is 5. The summed E-state index contributed by atoms with van der Waals surface area (Å²) in [5.41, 5.74) is 3.69. The molecule has 2 aromatic rings. The third-order valence-corrected chi connectivity index (χ3v) is 8.92. The predicted octanol–water partition coefficient (Wildman–Crippen LogP) is 2.36. The number of sulfonamides is 1. The first-order valence-corrected chi connectivity index (χ1v) is 13.0. The van der Waals surface area contributed by atoms with Crippen molar-refractivity contribution in [1.82, 2.24) is 0 Å². The first-order valence-electron chi connectivity index (χ1n) is 12.2. The summed E-state index contributed by atoms with van der Waals surface area (Å²) in [6, 6.07) is 12.9.